The summed E-state index contributed by atoms with van der Waals surface area (Å²) in [6, 6.07) is 15.8. The first-order valence-corrected chi connectivity index (χ1v) is 9.70. The monoisotopic (exact) mass is 411 g/mol. The first-order valence-electron chi connectivity index (χ1n) is 9.70. The van der Waals surface area contributed by atoms with Crippen LogP contribution in [0.25, 0.3) is 22.8 Å². The minimum Gasteiger partial charge on any atom is -0.436 e. The van der Waals surface area contributed by atoms with Crippen LogP contribution in [-0.4, -0.2) is 34.9 Å². The van der Waals surface area contributed by atoms with Gasteiger partial charge in [-0.05, 0) is 44.9 Å². The lowest BCUT2D eigenvalue weighted by atomic mass is 10.1. The largest absolute Gasteiger partial charge is 0.436 e. The van der Waals surface area contributed by atoms with E-state index < -0.39 is 0 Å². The van der Waals surface area contributed by atoms with Gasteiger partial charge in [0, 0.05) is 23.7 Å². The number of oxazole rings is 1. The zero-order valence-corrected chi connectivity index (χ0v) is 17.5. The van der Waals surface area contributed by atoms with Crippen LogP contribution >= 0.6 is 12.4 Å². The van der Waals surface area contributed by atoms with Gasteiger partial charge in [-0.3, -0.25) is 4.79 Å². The van der Waals surface area contributed by atoms with E-state index >= 15 is 0 Å². The molecule has 1 saturated heterocycles. The molecule has 5 nitrogen and oxygen atoms in total. The number of carbonyl (C=O) groups is 1. The Hall–Kier alpha value is -2.63. The Morgan fingerprint density at radius 3 is 2.62 bits per heavy atom. The summed E-state index contributed by atoms with van der Waals surface area (Å²) >= 11 is 0. The van der Waals surface area contributed by atoms with Gasteiger partial charge in [0.2, 0.25) is 5.89 Å². The molecule has 152 valence electrons. The lowest BCUT2D eigenvalue weighted by molar-refractivity contribution is 0.0744. The van der Waals surface area contributed by atoms with Crippen LogP contribution in [0.3, 0.4) is 0 Å². The molecule has 0 saturated carbocycles. The lowest BCUT2D eigenvalue weighted by Gasteiger charge is -2.22. The maximum atomic E-state index is 13.2. The summed E-state index contributed by atoms with van der Waals surface area (Å²) in [6.45, 7) is 5.43. The molecule has 2 aromatic carbocycles. The van der Waals surface area contributed by atoms with Crippen LogP contribution in [0.2, 0.25) is 0 Å². The highest BCUT2D eigenvalue weighted by atomic mass is 35.5. The van der Waals surface area contributed by atoms with E-state index in [-0.39, 0.29) is 24.4 Å². The van der Waals surface area contributed by atoms with E-state index in [1.807, 2.05) is 60.4 Å². The van der Waals surface area contributed by atoms with Crippen molar-refractivity contribution in [3.05, 3.63) is 65.9 Å². The molecule has 1 aliphatic heterocycles. The standard InChI is InChI=1S/C23H25N3O2.ClH/c1-15-7-9-18(10-8-15)21-13-25-22(28-21)19-5-3-4-6-20(19)23(27)26-14-17(12-24)11-16(26)2;/h3-10,13,16-17H,11-12,14,24H2,1-2H3;1H. The van der Waals surface area contributed by atoms with Crippen molar-refractivity contribution in [3.63, 3.8) is 0 Å². The van der Waals surface area contributed by atoms with E-state index in [1.54, 1.807) is 6.20 Å². The number of halogens is 1. The van der Waals surface area contributed by atoms with Gasteiger partial charge in [0.05, 0.1) is 11.8 Å². The van der Waals surface area contributed by atoms with Crippen LogP contribution < -0.4 is 5.73 Å². The van der Waals surface area contributed by atoms with E-state index in [0.29, 0.717) is 41.8 Å². The molecule has 1 amide bonds. The van der Waals surface area contributed by atoms with Crippen molar-refractivity contribution in [3.8, 4) is 22.8 Å². The van der Waals surface area contributed by atoms with Crippen LogP contribution in [0.4, 0.5) is 0 Å². The summed E-state index contributed by atoms with van der Waals surface area (Å²) in [4.78, 5) is 19.6. The van der Waals surface area contributed by atoms with Gasteiger partial charge in [-0.1, -0.05) is 42.0 Å². The van der Waals surface area contributed by atoms with E-state index in [9.17, 15) is 4.79 Å². The average molecular weight is 412 g/mol. The molecule has 29 heavy (non-hydrogen) atoms. The number of amides is 1. The summed E-state index contributed by atoms with van der Waals surface area (Å²) in [5, 5.41) is 0. The van der Waals surface area contributed by atoms with Crippen molar-refractivity contribution in [2.45, 2.75) is 26.3 Å². The average Bonchev–Trinajstić information content (AvgIpc) is 3.35. The summed E-state index contributed by atoms with van der Waals surface area (Å²) in [6.07, 6.45) is 2.66. The molecule has 3 aromatic rings. The predicted molar refractivity (Wildman–Crippen MR) is 117 cm³/mol. The lowest BCUT2D eigenvalue weighted by Crippen LogP contribution is -2.34. The number of nitrogens with zero attached hydrogens (tertiary/aromatic N) is 2. The summed E-state index contributed by atoms with van der Waals surface area (Å²) in [5.74, 6) is 1.52. The normalized spacial score (nSPS) is 18.5. The van der Waals surface area contributed by atoms with E-state index in [4.69, 9.17) is 10.2 Å². The Morgan fingerprint density at radius 2 is 1.93 bits per heavy atom. The van der Waals surface area contributed by atoms with Crippen molar-refractivity contribution >= 4 is 18.3 Å². The van der Waals surface area contributed by atoms with Gasteiger partial charge in [0.15, 0.2) is 5.76 Å². The second-order valence-electron chi connectivity index (χ2n) is 7.59. The molecule has 4 rings (SSSR count). The molecule has 2 unspecified atom stereocenters. The second kappa shape index (κ2) is 8.80. The Kier molecular flexibility index (Phi) is 6.40. The number of rotatable bonds is 4. The van der Waals surface area contributed by atoms with Gasteiger partial charge in [0.1, 0.15) is 0 Å². The quantitative estimate of drug-likeness (QED) is 0.683. The highest BCUT2D eigenvalue weighted by Crippen LogP contribution is 2.31. The third kappa shape index (κ3) is 4.21. The second-order valence-corrected chi connectivity index (χ2v) is 7.59. The molecule has 0 aliphatic carbocycles. The number of hydrogen-bond donors (Lipinski definition) is 1. The van der Waals surface area contributed by atoms with Crippen molar-refractivity contribution in [1.29, 1.82) is 0 Å². The number of carbonyl (C=O) groups excluding carboxylic acids is 1. The number of benzene rings is 2. The number of aromatic nitrogens is 1. The molecular formula is C23H26ClN3O2. The number of hydrogen-bond acceptors (Lipinski definition) is 4. The first kappa shape index (κ1) is 21.1. The molecule has 1 fully saturated rings. The molecule has 6 heteroatoms. The first-order chi connectivity index (χ1) is 13.6. The zero-order valence-electron chi connectivity index (χ0n) is 16.7. The van der Waals surface area contributed by atoms with Crippen molar-refractivity contribution in [2.75, 3.05) is 13.1 Å². The van der Waals surface area contributed by atoms with Gasteiger partial charge < -0.3 is 15.1 Å². The van der Waals surface area contributed by atoms with Crippen LogP contribution in [0.15, 0.2) is 59.1 Å². The molecule has 2 heterocycles. The molecule has 1 aromatic heterocycles. The van der Waals surface area contributed by atoms with Gasteiger partial charge in [-0.15, -0.1) is 12.4 Å². The molecular weight excluding hydrogens is 386 g/mol. The van der Waals surface area contributed by atoms with E-state index in [0.717, 1.165) is 12.0 Å². The summed E-state index contributed by atoms with van der Waals surface area (Å²) < 4.78 is 6.02. The number of likely N-dealkylation sites (tertiary alicyclic amines) is 1. The topological polar surface area (TPSA) is 72.4 Å². The highest BCUT2D eigenvalue weighted by molar-refractivity contribution is 6.00. The molecule has 1 aliphatic rings. The minimum atomic E-state index is 0. The zero-order chi connectivity index (χ0) is 19.7. The van der Waals surface area contributed by atoms with Crippen molar-refractivity contribution < 1.29 is 9.21 Å². The fourth-order valence-corrected chi connectivity index (χ4v) is 3.86. The van der Waals surface area contributed by atoms with E-state index in [1.165, 1.54) is 5.56 Å². The van der Waals surface area contributed by atoms with Crippen LogP contribution in [0.1, 0.15) is 29.3 Å². The van der Waals surface area contributed by atoms with Gasteiger partial charge in [-0.25, -0.2) is 4.98 Å². The Morgan fingerprint density at radius 1 is 1.21 bits per heavy atom. The van der Waals surface area contributed by atoms with Gasteiger partial charge in [-0.2, -0.15) is 0 Å². The maximum Gasteiger partial charge on any atom is 0.254 e. The molecule has 2 atom stereocenters. The third-order valence-corrected chi connectivity index (χ3v) is 5.49. The van der Waals surface area contributed by atoms with Gasteiger partial charge in [0.25, 0.3) is 5.91 Å². The van der Waals surface area contributed by atoms with Crippen molar-refractivity contribution in [1.82, 2.24) is 9.88 Å². The number of aryl methyl sites for hydroxylation is 1. The highest BCUT2D eigenvalue weighted by Gasteiger charge is 2.33. The van der Waals surface area contributed by atoms with Gasteiger partial charge >= 0.3 is 0 Å². The molecule has 2 N–H and O–H groups in total. The van der Waals surface area contributed by atoms with E-state index in [2.05, 4.69) is 11.9 Å². The third-order valence-electron chi connectivity index (χ3n) is 5.49. The fourth-order valence-electron chi connectivity index (χ4n) is 3.86. The fraction of sp³-hybridized carbons (Fsp3) is 0.304. The SMILES string of the molecule is Cc1ccc(-c2cnc(-c3ccccc3C(=O)N3CC(CN)CC3C)o2)cc1.Cl. The number of nitrogens with two attached hydrogens (primary N) is 1. The summed E-state index contributed by atoms with van der Waals surface area (Å²) in [5.41, 5.74) is 9.31. The smallest absolute Gasteiger partial charge is 0.254 e. The van der Waals surface area contributed by atoms with Crippen LogP contribution in [-0.2, 0) is 0 Å². The Labute approximate surface area is 177 Å². The maximum absolute atomic E-state index is 13.2. The minimum absolute atomic E-state index is 0. The Balaban J connectivity index is 0.00000240. The Bertz CT molecular complexity index is 984. The molecule has 0 radical (unpaired) electrons. The van der Waals surface area contributed by atoms with Crippen LogP contribution in [0.5, 0.6) is 0 Å². The van der Waals surface area contributed by atoms with Crippen LogP contribution in [0, 0.1) is 12.8 Å². The molecule has 0 spiro atoms. The van der Waals surface area contributed by atoms with Crippen molar-refractivity contribution in [2.24, 2.45) is 11.7 Å². The molecule has 0 bridgehead atoms. The summed E-state index contributed by atoms with van der Waals surface area (Å²) in [7, 11) is 0. The predicted octanol–water partition coefficient (Wildman–Crippen LogP) is 4.55.